The third-order valence-corrected chi connectivity index (χ3v) is 2.51. The predicted octanol–water partition coefficient (Wildman–Crippen LogP) is 1.66. The number of carbonyl (C=O) groups excluding carboxylic acids is 1. The highest BCUT2D eigenvalue weighted by Crippen LogP contribution is 2.20. The fraction of sp³-hybridized carbons (Fsp3) is 0.0769. The van der Waals surface area contributed by atoms with Crippen LogP contribution in [0.2, 0.25) is 5.02 Å². The quantitative estimate of drug-likeness (QED) is 0.730. The molecule has 0 saturated carbocycles. The van der Waals surface area contributed by atoms with Gasteiger partial charge in [-0.2, -0.15) is 5.10 Å². The smallest absolute Gasteiger partial charge is 0.273 e. The molecule has 2 rings (SSSR count). The van der Waals surface area contributed by atoms with Gasteiger partial charge in [0.15, 0.2) is 0 Å². The van der Waals surface area contributed by atoms with Crippen LogP contribution in [0.3, 0.4) is 0 Å². The number of carbonyl (C=O) groups is 1. The van der Waals surface area contributed by atoms with Crippen LogP contribution in [0, 0.1) is 11.8 Å². The number of anilines is 1. The monoisotopic (exact) mass is 275 g/mol. The van der Waals surface area contributed by atoms with Gasteiger partial charge in [-0.25, -0.2) is 0 Å². The molecule has 0 aliphatic carbocycles. The Kier molecular flexibility index (Phi) is 4.18. The van der Waals surface area contributed by atoms with Crippen molar-refractivity contribution in [2.45, 2.75) is 0 Å². The van der Waals surface area contributed by atoms with Gasteiger partial charge in [0.2, 0.25) is 0 Å². The van der Waals surface area contributed by atoms with E-state index in [0.717, 1.165) is 0 Å². The fourth-order valence-corrected chi connectivity index (χ4v) is 1.61. The van der Waals surface area contributed by atoms with Gasteiger partial charge < -0.3 is 10.4 Å². The Morgan fingerprint density at radius 3 is 3.00 bits per heavy atom. The minimum Gasteiger partial charge on any atom is -0.384 e. The topological polar surface area (TPSA) is 78.0 Å². The van der Waals surface area contributed by atoms with Crippen molar-refractivity contribution < 1.29 is 9.90 Å². The summed E-state index contributed by atoms with van der Waals surface area (Å²) in [5, 5.41) is 18.1. The summed E-state index contributed by atoms with van der Waals surface area (Å²) < 4.78 is 0. The van der Waals surface area contributed by atoms with Gasteiger partial charge in [-0.3, -0.25) is 9.89 Å². The zero-order valence-electron chi connectivity index (χ0n) is 9.77. The van der Waals surface area contributed by atoms with Crippen molar-refractivity contribution in [2.24, 2.45) is 0 Å². The summed E-state index contributed by atoms with van der Waals surface area (Å²) >= 11 is 5.89. The molecule has 19 heavy (non-hydrogen) atoms. The third kappa shape index (κ3) is 3.35. The molecule has 0 atom stereocenters. The van der Waals surface area contributed by atoms with E-state index < -0.39 is 0 Å². The minimum absolute atomic E-state index is 0.253. The van der Waals surface area contributed by atoms with Gasteiger partial charge >= 0.3 is 0 Å². The van der Waals surface area contributed by atoms with Crippen LogP contribution in [0.25, 0.3) is 0 Å². The van der Waals surface area contributed by atoms with Crippen LogP contribution >= 0.6 is 11.6 Å². The lowest BCUT2D eigenvalue weighted by molar-refractivity contribution is 0.102. The average molecular weight is 276 g/mol. The van der Waals surface area contributed by atoms with Crippen LogP contribution < -0.4 is 5.32 Å². The van der Waals surface area contributed by atoms with Gasteiger partial charge in [0.05, 0.1) is 5.69 Å². The maximum atomic E-state index is 11.9. The lowest BCUT2D eigenvalue weighted by atomic mass is 10.1. The molecule has 0 aliphatic heterocycles. The summed E-state index contributed by atoms with van der Waals surface area (Å²) in [5.41, 5.74) is 1.39. The third-order valence-electron chi connectivity index (χ3n) is 2.28. The Hall–Kier alpha value is -2.29. The Morgan fingerprint density at radius 2 is 2.32 bits per heavy atom. The first kappa shape index (κ1) is 13.1. The molecule has 1 amide bonds. The summed E-state index contributed by atoms with van der Waals surface area (Å²) in [6.07, 6.45) is 1.49. The molecule has 3 N–H and O–H groups in total. The molecular weight excluding hydrogens is 266 g/mol. The number of nitrogens with zero attached hydrogens (tertiary/aromatic N) is 1. The van der Waals surface area contributed by atoms with Crippen LogP contribution in [0.15, 0.2) is 30.5 Å². The van der Waals surface area contributed by atoms with Gasteiger partial charge in [0.25, 0.3) is 5.91 Å². The number of halogens is 1. The zero-order valence-corrected chi connectivity index (χ0v) is 10.5. The number of nitrogens with one attached hydrogen (secondary N) is 2. The molecule has 0 unspecified atom stereocenters. The van der Waals surface area contributed by atoms with Gasteiger partial charge in [-0.05, 0) is 24.3 Å². The second-order valence-corrected chi connectivity index (χ2v) is 4.01. The van der Waals surface area contributed by atoms with Crippen molar-refractivity contribution in [3.63, 3.8) is 0 Å². The molecule has 0 bridgehead atoms. The first-order valence-corrected chi connectivity index (χ1v) is 5.78. The van der Waals surface area contributed by atoms with E-state index in [1.807, 2.05) is 0 Å². The normalized spacial score (nSPS) is 9.58. The van der Waals surface area contributed by atoms with Gasteiger partial charge in [0, 0.05) is 16.8 Å². The maximum Gasteiger partial charge on any atom is 0.273 e. The van der Waals surface area contributed by atoms with Gasteiger partial charge in [-0.1, -0.05) is 23.4 Å². The number of benzene rings is 1. The van der Waals surface area contributed by atoms with Gasteiger partial charge in [0.1, 0.15) is 12.3 Å². The van der Waals surface area contributed by atoms with Gasteiger partial charge in [-0.15, -0.1) is 0 Å². The Labute approximate surface area is 114 Å². The molecule has 1 heterocycles. The number of aromatic nitrogens is 2. The van der Waals surface area contributed by atoms with Crippen molar-refractivity contribution >= 4 is 23.2 Å². The predicted molar refractivity (Wildman–Crippen MR) is 72.0 cm³/mol. The first-order valence-electron chi connectivity index (χ1n) is 5.40. The van der Waals surface area contributed by atoms with Crippen LogP contribution in [0.4, 0.5) is 5.69 Å². The lowest BCUT2D eigenvalue weighted by Gasteiger charge is -2.06. The molecule has 1 aromatic carbocycles. The molecule has 0 saturated heterocycles. The number of hydrogen-bond acceptors (Lipinski definition) is 3. The van der Waals surface area contributed by atoms with Crippen molar-refractivity contribution in [1.29, 1.82) is 0 Å². The van der Waals surface area contributed by atoms with E-state index >= 15 is 0 Å². The molecule has 6 heteroatoms. The molecule has 96 valence electrons. The summed E-state index contributed by atoms with van der Waals surface area (Å²) in [5.74, 6) is 4.92. The number of aromatic amines is 1. The van der Waals surface area contributed by atoms with Crippen molar-refractivity contribution in [3.05, 3.63) is 46.7 Å². The molecule has 0 spiro atoms. The molecule has 5 nitrogen and oxygen atoms in total. The van der Waals surface area contributed by atoms with E-state index in [1.165, 1.54) is 6.20 Å². The highest BCUT2D eigenvalue weighted by atomic mass is 35.5. The second kappa shape index (κ2) is 6.05. The first-order chi connectivity index (χ1) is 9.20. The van der Waals surface area contributed by atoms with E-state index in [4.69, 9.17) is 16.7 Å². The van der Waals surface area contributed by atoms with Crippen LogP contribution in [0.5, 0.6) is 0 Å². The summed E-state index contributed by atoms with van der Waals surface area (Å²) in [7, 11) is 0. The minimum atomic E-state index is -0.341. The maximum absolute atomic E-state index is 11.9. The van der Waals surface area contributed by atoms with Crippen LogP contribution in [-0.2, 0) is 0 Å². The van der Waals surface area contributed by atoms with Crippen molar-refractivity contribution in [1.82, 2.24) is 10.2 Å². The molecule has 1 aromatic heterocycles. The Bertz CT molecular complexity index is 642. The second-order valence-electron chi connectivity index (χ2n) is 3.57. The number of aliphatic hydroxyl groups excluding tert-OH is 1. The van der Waals surface area contributed by atoms with E-state index in [0.29, 0.717) is 22.0 Å². The SMILES string of the molecule is O=C(Nc1cc(Cl)ccc1C#CCO)c1ccn[nH]1. The average Bonchev–Trinajstić information content (AvgIpc) is 2.92. The van der Waals surface area contributed by atoms with Crippen LogP contribution in [-0.4, -0.2) is 27.8 Å². The Morgan fingerprint density at radius 1 is 1.47 bits per heavy atom. The molecule has 0 radical (unpaired) electrons. The molecular formula is C13H10ClN3O2. The highest BCUT2D eigenvalue weighted by Gasteiger charge is 2.09. The van der Waals surface area contributed by atoms with Crippen molar-refractivity contribution in [2.75, 3.05) is 11.9 Å². The van der Waals surface area contributed by atoms with Crippen molar-refractivity contribution in [3.8, 4) is 11.8 Å². The number of rotatable bonds is 2. The van der Waals surface area contributed by atoms with E-state index in [-0.39, 0.29) is 12.5 Å². The highest BCUT2D eigenvalue weighted by molar-refractivity contribution is 6.31. The molecule has 0 aliphatic rings. The van der Waals surface area contributed by atoms with E-state index in [1.54, 1.807) is 24.3 Å². The van der Waals surface area contributed by atoms with E-state index in [9.17, 15) is 4.79 Å². The number of amides is 1. The van der Waals surface area contributed by atoms with E-state index in [2.05, 4.69) is 27.4 Å². The standard InChI is InChI=1S/C13H10ClN3O2/c14-10-4-3-9(2-1-7-18)12(8-10)16-13(19)11-5-6-15-17-11/h3-6,8,18H,7H2,(H,15,17)(H,16,19). The fourth-order valence-electron chi connectivity index (χ4n) is 1.44. The number of aliphatic hydroxyl groups is 1. The Balaban J connectivity index is 2.28. The lowest BCUT2D eigenvalue weighted by Crippen LogP contribution is -2.13. The number of hydrogen-bond donors (Lipinski definition) is 3. The van der Waals surface area contributed by atoms with Crippen LogP contribution in [0.1, 0.15) is 16.1 Å². The molecule has 2 aromatic rings. The largest absolute Gasteiger partial charge is 0.384 e. The summed E-state index contributed by atoms with van der Waals surface area (Å²) in [4.78, 5) is 11.9. The number of H-pyrrole nitrogens is 1. The molecule has 0 fully saturated rings. The zero-order chi connectivity index (χ0) is 13.7. The summed E-state index contributed by atoms with van der Waals surface area (Å²) in [6, 6.07) is 6.48. The summed E-state index contributed by atoms with van der Waals surface area (Å²) in [6.45, 7) is -0.253.